The van der Waals surface area contributed by atoms with Crippen molar-refractivity contribution >= 4 is 5.91 Å². The maximum Gasteiger partial charge on any atom is 0.226 e. The van der Waals surface area contributed by atoms with Crippen molar-refractivity contribution in [1.82, 2.24) is 4.90 Å². The third kappa shape index (κ3) is 4.46. The molecule has 1 aromatic carbocycles. The van der Waals surface area contributed by atoms with Crippen LogP contribution in [0.2, 0.25) is 0 Å². The van der Waals surface area contributed by atoms with E-state index >= 15 is 0 Å². The van der Waals surface area contributed by atoms with Crippen LogP contribution in [0.5, 0.6) is 5.75 Å². The van der Waals surface area contributed by atoms with Crippen LogP contribution in [0.3, 0.4) is 0 Å². The zero-order valence-electron chi connectivity index (χ0n) is 13.8. The molecule has 2 fully saturated rings. The van der Waals surface area contributed by atoms with Crippen LogP contribution < -0.4 is 4.74 Å². The quantitative estimate of drug-likeness (QED) is 0.788. The molecule has 0 spiro atoms. The lowest BCUT2D eigenvalue weighted by molar-refractivity contribution is -0.135. The summed E-state index contributed by atoms with van der Waals surface area (Å²) in [6, 6.07) is 6.83. The van der Waals surface area contributed by atoms with Crippen LogP contribution in [0.15, 0.2) is 24.3 Å². The number of hydrogen-bond acceptors (Lipinski definition) is 2. The predicted molar refractivity (Wildman–Crippen MR) is 87.8 cm³/mol. The summed E-state index contributed by atoms with van der Waals surface area (Å²) in [4.78, 5) is 14.8. The lowest BCUT2D eigenvalue weighted by atomic mass is 9.86. The summed E-state index contributed by atoms with van der Waals surface area (Å²) in [6.45, 7) is 2.66. The number of carbonyl (C=O) groups is 1. The summed E-state index contributed by atoms with van der Waals surface area (Å²) < 4.78 is 18.4. The molecular formula is C19H26FNO2. The summed E-state index contributed by atoms with van der Waals surface area (Å²) >= 11 is 0. The number of benzene rings is 1. The normalized spacial score (nSPS) is 24.3. The lowest BCUT2D eigenvalue weighted by Crippen LogP contribution is -2.44. The van der Waals surface area contributed by atoms with Gasteiger partial charge in [-0.05, 0) is 68.7 Å². The fourth-order valence-electron chi connectivity index (χ4n) is 3.49. The highest BCUT2D eigenvalue weighted by Crippen LogP contribution is 2.35. The molecule has 0 bridgehead atoms. The summed E-state index contributed by atoms with van der Waals surface area (Å²) in [6.07, 6.45) is 7.44. The summed E-state index contributed by atoms with van der Waals surface area (Å²) in [7, 11) is 0. The molecule has 2 saturated carbocycles. The average molecular weight is 319 g/mol. The number of hydrogen-bond donors (Lipinski definition) is 0. The molecule has 0 atom stereocenters. The van der Waals surface area contributed by atoms with Crippen molar-refractivity contribution in [2.24, 2.45) is 5.92 Å². The fourth-order valence-corrected chi connectivity index (χ4v) is 3.49. The van der Waals surface area contributed by atoms with Crippen molar-refractivity contribution in [1.29, 1.82) is 0 Å². The Labute approximate surface area is 137 Å². The van der Waals surface area contributed by atoms with Gasteiger partial charge in [0.15, 0.2) is 0 Å². The highest BCUT2D eigenvalue weighted by Gasteiger charge is 2.38. The highest BCUT2D eigenvalue weighted by molar-refractivity contribution is 5.77. The van der Waals surface area contributed by atoms with E-state index in [4.69, 9.17) is 4.74 Å². The van der Waals surface area contributed by atoms with E-state index in [0.717, 1.165) is 31.6 Å². The topological polar surface area (TPSA) is 29.5 Å². The summed E-state index contributed by atoms with van der Waals surface area (Å²) in [5.41, 5.74) is 0. The number of carbonyl (C=O) groups excluding carboxylic acids is 1. The molecule has 0 unspecified atom stereocenters. The van der Waals surface area contributed by atoms with Crippen LogP contribution in [0, 0.1) is 11.7 Å². The number of amides is 1. The number of nitrogens with zero attached hydrogens (tertiary/aromatic N) is 1. The van der Waals surface area contributed by atoms with Gasteiger partial charge >= 0.3 is 0 Å². The Bertz CT molecular complexity index is 519. The zero-order chi connectivity index (χ0) is 16.2. The first-order chi connectivity index (χ1) is 11.1. The number of ether oxygens (including phenoxy) is 1. The highest BCUT2D eigenvalue weighted by atomic mass is 19.1. The van der Waals surface area contributed by atoms with Gasteiger partial charge in [0.25, 0.3) is 0 Å². The van der Waals surface area contributed by atoms with E-state index in [1.807, 2.05) is 0 Å². The van der Waals surface area contributed by atoms with Crippen molar-refractivity contribution in [3.63, 3.8) is 0 Å². The molecule has 126 valence electrons. The molecule has 0 radical (unpaired) electrons. The molecule has 0 N–H and O–H groups in total. The van der Waals surface area contributed by atoms with Crippen molar-refractivity contribution in [2.75, 3.05) is 6.61 Å². The molecule has 2 aliphatic carbocycles. The van der Waals surface area contributed by atoms with Gasteiger partial charge in [-0.15, -0.1) is 0 Å². The molecule has 23 heavy (non-hydrogen) atoms. The Morgan fingerprint density at radius 1 is 1.09 bits per heavy atom. The van der Waals surface area contributed by atoms with Gasteiger partial charge in [0.1, 0.15) is 11.6 Å². The van der Waals surface area contributed by atoms with Crippen LogP contribution in [0.25, 0.3) is 0 Å². The molecule has 0 heterocycles. The number of rotatable bonds is 6. The maximum atomic E-state index is 12.9. The second kappa shape index (κ2) is 7.33. The Kier molecular flexibility index (Phi) is 5.19. The van der Waals surface area contributed by atoms with Gasteiger partial charge in [-0.25, -0.2) is 4.39 Å². The minimum atomic E-state index is -0.278. The first kappa shape index (κ1) is 16.3. The molecule has 1 aromatic rings. The molecule has 2 aliphatic rings. The second-order valence-corrected chi connectivity index (χ2v) is 7.00. The van der Waals surface area contributed by atoms with Gasteiger partial charge in [0.05, 0.1) is 13.0 Å². The van der Waals surface area contributed by atoms with Crippen molar-refractivity contribution < 1.29 is 13.9 Å². The minimum Gasteiger partial charge on any atom is -0.493 e. The molecule has 3 nitrogen and oxygen atoms in total. The summed E-state index contributed by atoms with van der Waals surface area (Å²) in [5, 5.41) is 0. The van der Waals surface area contributed by atoms with Crippen molar-refractivity contribution in [3.8, 4) is 5.75 Å². The minimum absolute atomic E-state index is 0.217. The van der Waals surface area contributed by atoms with E-state index in [1.54, 1.807) is 12.1 Å². The fraction of sp³-hybridized carbons (Fsp3) is 0.632. The lowest BCUT2D eigenvalue weighted by Gasteiger charge is -2.36. The molecule has 0 aromatic heterocycles. The van der Waals surface area contributed by atoms with E-state index in [2.05, 4.69) is 11.8 Å². The van der Waals surface area contributed by atoms with Crippen LogP contribution in [0.4, 0.5) is 4.39 Å². The first-order valence-electron chi connectivity index (χ1n) is 8.83. The van der Waals surface area contributed by atoms with Crippen molar-refractivity contribution in [2.45, 2.75) is 64.0 Å². The van der Waals surface area contributed by atoms with Gasteiger partial charge in [-0.1, -0.05) is 6.92 Å². The second-order valence-electron chi connectivity index (χ2n) is 7.00. The molecular weight excluding hydrogens is 293 g/mol. The standard InChI is InChI=1S/C19H26FNO2/c1-14-2-6-16(7-3-14)21(17-8-9-17)19(22)12-13-23-18-10-4-15(20)5-11-18/h4-5,10-11,14,16-17H,2-3,6-9,12-13H2,1H3. The van der Waals surface area contributed by atoms with Crippen LogP contribution in [0.1, 0.15) is 51.9 Å². The molecule has 4 heteroatoms. The Morgan fingerprint density at radius 2 is 1.65 bits per heavy atom. The third-order valence-corrected chi connectivity index (χ3v) is 5.01. The first-order valence-corrected chi connectivity index (χ1v) is 8.83. The Morgan fingerprint density at radius 3 is 2.22 bits per heavy atom. The van der Waals surface area contributed by atoms with Gasteiger partial charge in [-0.2, -0.15) is 0 Å². The Balaban J connectivity index is 1.49. The van der Waals surface area contributed by atoms with E-state index in [1.165, 1.54) is 25.0 Å². The van der Waals surface area contributed by atoms with E-state index in [9.17, 15) is 9.18 Å². The summed E-state index contributed by atoms with van der Waals surface area (Å²) in [5.74, 6) is 1.35. The van der Waals surface area contributed by atoms with E-state index < -0.39 is 0 Å². The molecule has 0 aliphatic heterocycles. The SMILES string of the molecule is CC1CCC(N(C(=O)CCOc2ccc(F)cc2)C2CC2)CC1. The molecule has 3 rings (SSSR count). The van der Waals surface area contributed by atoms with Crippen molar-refractivity contribution in [3.05, 3.63) is 30.1 Å². The smallest absolute Gasteiger partial charge is 0.226 e. The maximum absolute atomic E-state index is 12.9. The van der Waals surface area contributed by atoms with Gasteiger partial charge in [0, 0.05) is 12.1 Å². The van der Waals surface area contributed by atoms with Gasteiger partial charge < -0.3 is 9.64 Å². The zero-order valence-corrected chi connectivity index (χ0v) is 13.8. The largest absolute Gasteiger partial charge is 0.493 e. The average Bonchev–Trinajstić information content (AvgIpc) is 3.36. The Hall–Kier alpha value is -1.58. The van der Waals surface area contributed by atoms with E-state index in [0.29, 0.717) is 30.9 Å². The third-order valence-electron chi connectivity index (χ3n) is 5.01. The van der Waals surface area contributed by atoms with Crippen LogP contribution in [-0.4, -0.2) is 29.5 Å². The van der Waals surface area contributed by atoms with Crippen LogP contribution in [-0.2, 0) is 4.79 Å². The van der Waals surface area contributed by atoms with Crippen LogP contribution >= 0.6 is 0 Å². The van der Waals surface area contributed by atoms with Gasteiger partial charge in [-0.3, -0.25) is 4.79 Å². The van der Waals surface area contributed by atoms with Gasteiger partial charge in [0.2, 0.25) is 5.91 Å². The monoisotopic (exact) mass is 319 g/mol. The van der Waals surface area contributed by atoms with E-state index in [-0.39, 0.29) is 11.7 Å². The molecule has 0 saturated heterocycles. The number of halogens is 1. The molecule has 1 amide bonds. The predicted octanol–water partition coefficient (Wildman–Crippen LogP) is 4.16.